The topological polar surface area (TPSA) is 56.4 Å². The zero-order valence-electron chi connectivity index (χ0n) is 9.91. The van der Waals surface area contributed by atoms with Crippen molar-refractivity contribution in [3.63, 3.8) is 0 Å². The third-order valence-electron chi connectivity index (χ3n) is 3.14. The first-order valence-electron chi connectivity index (χ1n) is 5.65. The quantitative estimate of drug-likeness (QED) is 0.622. The summed E-state index contributed by atoms with van der Waals surface area (Å²) in [6.07, 6.45) is 1.30. The van der Waals surface area contributed by atoms with Crippen LogP contribution in [0.5, 0.6) is 0 Å². The molecular formula is C12H17ClN4. The molecule has 5 heteroatoms. The molecule has 0 aromatic heterocycles. The molecule has 0 saturated carbocycles. The van der Waals surface area contributed by atoms with Crippen LogP contribution in [0.4, 0.5) is 11.4 Å². The van der Waals surface area contributed by atoms with Crippen molar-refractivity contribution in [3.8, 4) is 0 Å². The summed E-state index contributed by atoms with van der Waals surface area (Å²) in [5, 5.41) is 8.10. The lowest BCUT2D eigenvalue weighted by molar-refractivity contribution is 0.313. The molecule has 3 N–H and O–H groups in total. The van der Waals surface area contributed by atoms with Gasteiger partial charge in [0.1, 0.15) is 0 Å². The summed E-state index contributed by atoms with van der Waals surface area (Å²) in [4.78, 5) is 4.52. The van der Waals surface area contributed by atoms with Gasteiger partial charge in [0.2, 0.25) is 0 Å². The van der Waals surface area contributed by atoms with Gasteiger partial charge in [0.05, 0.1) is 0 Å². The zero-order valence-corrected chi connectivity index (χ0v) is 10.7. The first-order valence-corrected chi connectivity index (χ1v) is 6.02. The minimum Gasteiger partial charge on any atom is -0.398 e. The molecule has 1 heterocycles. The molecule has 2 rings (SSSR count). The number of likely N-dealkylation sites (N-methyl/N-ethyl adjacent to an activating group) is 1. The second-order valence-electron chi connectivity index (χ2n) is 4.36. The molecule has 0 atom stereocenters. The van der Waals surface area contributed by atoms with E-state index in [1.54, 1.807) is 6.07 Å². The Hall–Kier alpha value is -1.26. The van der Waals surface area contributed by atoms with Crippen molar-refractivity contribution in [1.29, 1.82) is 5.41 Å². The molecular weight excluding hydrogens is 236 g/mol. The average molecular weight is 253 g/mol. The molecule has 4 nitrogen and oxygen atoms in total. The number of rotatable bonds is 2. The van der Waals surface area contributed by atoms with Crippen LogP contribution in [0.1, 0.15) is 5.56 Å². The first-order chi connectivity index (χ1) is 8.11. The van der Waals surface area contributed by atoms with Crippen molar-refractivity contribution in [3.05, 3.63) is 22.7 Å². The average Bonchev–Trinajstić information content (AvgIpc) is 2.29. The fourth-order valence-electron chi connectivity index (χ4n) is 2.09. The molecule has 1 fully saturated rings. The van der Waals surface area contributed by atoms with Gasteiger partial charge in [-0.3, -0.25) is 0 Å². The van der Waals surface area contributed by atoms with Gasteiger partial charge in [0.15, 0.2) is 0 Å². The number of hydrogen-bond donors (Lipinski definition) is 2. The first kappa shape index (κ1) is 12.2. The molecule has 0 unspecified atom stereocenters. The number of nitrogens with zero attached hydrogens (tertiary/aromatic N) is 2. The van der Waals surface area contributed by atoms with Gasteiger partial charge in [-0.25, -0.2) is 0 Å². The molecule has 1 aliphatic heterocycles. The summed E-state index contributed by atoms with van der Waals surface area (Å²) in [5.74, 6) is 0. The Kier molecular flexibility index (Phi) is 3.54. The summed E-state index contributed by atoms with van der Waals surface area (Å²) < 4.78 is 0. The van der Waals surface area contributed by atoms with Crippen LogP contribution in [-0.2, 0) is 0 Å². The SMILES string of the molecule is CN1CCN(c2cc(Cl)cc(N)c2C=N)CC1. The maximum absolute atomic E-state index is 7.47. The highest BCUT2D eigenvalue weighted by Gasteiger charge is 2.18. The van der Waals surface area contributed by atoms with Gasteiger partial charge in [-0.1, -0.05) is 11.6 Å². The molecule has 1 aliphatic rings. The summed E-state index contributed by atoms with van der Waals surface area (Å²) in [5.41, 5.74) is 8.20. The fraction of sp³-hybridized carbons (Fsp3) is 0.417. The molecule has 0 aliphatic carbocycles. The van der Waals surface area contributed by atoms with Crippen molar-refractivity contribution in [2.75, 3.05) is 43.9 Å². The Morgan fingerprint density at radius 1 is 1.29 bits per heavy atom. The molecule has 92 valence electrons. The maximum atomic E-state index is 7.47. The van der Waals surface area contributed by atoms with Gasteiger partial charge in [-0.15, -0.1) is 0 Å². The van der Waals surface area contributed by atoms with Crippen LogP contribution in [0.15, 0.2) is 12.1 Å². The summed E-state index contributed by atoms with van der Waals surface area (Å²) in [7, 11) is 2.11. The minimum atomic E-state index is 0.571. The van der Waals surface area contributed by atoms with E-state index in [1.807, 2.05) is 6.07 Å². The van der Waals surface area contributed by atoms with Crippen LogP contribution in [0.3, 0.4) is 0 Å². The Balaban J connectivity index is 2.34. The molecule has 0 spiro atoms. The molecule has 1 aromatic rings. The number of nitrogen functional groups attached to an aromatic ring is 1. The number of anilines is 2. The second kappa shape index (κ2) is 4.94. The predicted molar refractivity (Wildman–Crippen MR) is 73.5 cm³/mol. The number of benzene rings is 1. The highest BCUT2D eigenvalue weighted by Crippen LogP contribution is 2.29. The number of halogens is 1. The van der Waals surface area contributed by atoms with Crippen molar-refractivity contribution >= 4 is 29.2 Å². The number of piperazine rings is 1. The second-order valence-corrected chi connectivity index (χ2v) is 4.80. The Morgan fingerprint density at radius 3 is 2.53 bits per heavy atom. The largest absolute Gasteiger partial charge is 0.398 e. The lowest BCUT2D eigenvalue weighted by Gasteiger charge is -2.35. The normalized spacial score (nSPS) is 17.2. The lowest BCUT2D eigenvalue weighted by atomic mass is 10.1. The van der Waals surface area contributed by atoms with Crippen LogP contribution < -0.4 is 10.6 Å². The fourth-order valence-corrected chi connectivity index (χ4v) is 2.31. The highest BCUT2D eigenvalue weighted by molar-refractivity contribution is 6.31. The van der Waals surface area contributed by atoms with E-state index in [0.717, 1.165) is 37.4 Å². The van der Waals surface area contributed by atoms with Crippen LogP contribution in [0.25, 0.3) is 0 Å². The number of nitrogens with two attached hydrogens (primary N) is 1. The van der Waals surface area contributed by atoms with E-state index in [-0.39, 0.29) is 0 Å². The Labute approximate surface area is 106 Å². The predicted octanol–water partition coefficient (Wildman–Crippen LogP) is 1.67. The van der Waals surface area contributed by atoms with Gasteiger partial charge >= 0.3 is 0 Å². The standard InChI is InChI=1S/C12H17ClN4/c1-16-2-4-17(5-3-16)12-7-9(13)6-11(15)10(12)8-14/h6-8,14H,2-5,15H2,1H3. The van der Waals surface area contributed by atoms with E-state index in [4.69, 9.17) is 22.7 Å². The van der Waals surface area contributed by atoms with Crippen LogP contribution in [0.2, 0.25) is 5.02 Å². The van der Waals surface area contributed by atoms with Crippen molar-refractivity contribution in [1.82, 2.24) is 4.90 Å². The van der Waals surface area contributed by atoms with Gasteiger partial charge in [-0.2, -0.15) is 0 Å². The molecule has 0 radical (unpaired) electrons. The Morgan fingerprint density at radius 2 is 1.94 bits per heavy atom. The summed E-state index contributed by atoms with van der Waals surface area (Å²) in [6, 6.07) is 3.59. The van der Waals surface area contributed by atoms with Crippen LogP contribution >= 0.6 is 11.6 Å². The third-order valence-corrected chi connectivity index (χ3v) is 3.36. The van der Waals surface area contributed by atoms with Crippen molar-refractivity contribution in [2.24, 2.45) is 0 Å². The molecule has 1 aromatic carbocycles. The molecule has 0 amide bonds. The summed E-state index contributed by atoms with van der Waals surface area (Å²) in [6.45, 7) is 3.92. The lowest BCUT2D eigenvalue weighted by Crippen LogP contribution is -2.44. The molecule has 1 saturated heterocycles. The van der Waals surface area contributed by atoms with Crippen LogP contribution in [-0.4, -0.2) is 44.3 Å². The van der Waals surface area contributed by atoms with E-state index in [1.165, 1.54) is 6.21 Å². The van der Waals surface area contributed by atoms with Crippen molar-refractivity contribution in [2.45, 2.75) is 0 Å². The Bertz CT molecular complexity index is 425. The van der Waals surface area contributed by atoms with E-state index < -0.39 is 0 Å². The van der Waals surface area contributed by atoms with Gasteiger partial charge in [0, 0.05) is 54.4 Å². The summed E-state index contributed by atoms with van der Waals surface area (Å²) >= 11 is 6.03. The smallest absolute Gasteiger partial charge is 0.0491 e. The van der Waals surface area contributed by atoms with Gasteiger partial charge in [-0.05, 0) is 19.2 Å². The van der Waals surface area contributed by atoms with Crippen LogP contribution in [0, 0.1) is 5.41 Å². The van der Waals surface area contributed by atoms with E-state index in [2.05, 4.69) is 16.8 Å². The van der Waals surface area contributed by atoms with Crippen molar-refractivity contribution < 1.29 is 0 Å². The monoisotopic (exact) mass is 252 g/mol. The van der Waals surface area contributed by atoms with Gasteiger partial charge in [0.25, 0.3) is 0 Å². The van der Waals surface area contributed by atoms with E-state index in [0.29, 0.717) is 10.7 Å². The maximum Gasteiger partial charge on any atom is 0.0491 e. The third kappa shape index (κ3) is 2.53. The molecule has 0 bridgehead atoms. The van der Waals surface area contributed by atoms with Gasteiger partial charge < -0.3 is 20.9 Å². The highest BCUT2D eigenvalue weighted by atomic mass is 35.5. The minimum absolute atomic E-state index is 0.571. The van der Waals surface area contributed by atoms with E-state index in [9.17, 15) is 0 Å². The number of nitrogens with one attached hydrogen (secondary N) is 1. The van der Waals surface area contributed by atoms with E-state index >= 15 is 0 Å². The molecule has 17 heavy (non-hydrogen) atoms. The zero-order chi connectivity index (χ0) is 12.4. The number of hydrogen-bond acceptors (Lipinski definition) is 4.